The van der Waals surface area contributed by atoms with Crippen molar-refractivity contribution < 1.29 is 22.7 Å². The van der Waals surface area contributed by atoms with Crippen LogP contribution < -0.4 is 4.74 Å². The summed E-state index contributed by atoms with van der Waals surface area (Å²) in [5.74, 6) is 0.735. The van der Waals surface area contributed by atoms with Crippen LogP contribution in [0, 0.1) is 0 Å². The first-order valence-corrected chi connectivity index (χ1v) is 11.2. The first kappa shape index (κ1) is 19.0. The largest absolute Gasteiger partial charge is 0.496 e. The molecule has 0 spiro atoms. The second-order valence-electron chi connectivity index (χ2n) is 6.16. The molecule has 7 nitrogen and oxygen atoms in total. The zero-order valence-corrected chi connectivity index (χ0v) is 16.4. The minimum Gasteiger partial charge on any atom is -0.496 e. The minimum atomic E-state index is -3.09. The highest BCUT2D eigenvalue weighted by atomic mass is 32.2. The second kappa shape index (κ2) is 7.87. The van der Waals surface area contributed by atoms with E-state index < -0.39 is 9.84 Å². The Labute approximate surface area is 157 Å². The van der Waals surface area contributed by atoms with Crippen molar-refractivity contribution >= 4 is 32.7 Å². The van der Waals surface area contributed by atoms with Crippen LogP contribution in [0.15, 0.2) is 29.3 Å². The van der Waals surface area contributed by atoms with E-state index in [9.17, 15) is 13.2 Å². The monoisotopic (exact) mass is 398 g/mol. The molecule has 26 heavy (non-hydrogen) atoms. The molecule has 0 aromatic heterocycles. The number of para-hydroxylation sites is 1. The summed E-state index contributed by atoms with van der Waals surface area (Å²) >= 11 is 1.30. The Morgan fingerprint density at radius 1 is 1.35 bits per heavy atom. The molecular weight excluding hydrogens is 376 g/mol. The smallest absolute Gasteiger partial charge is 0.316 e. The van der Waals surface area contributed by atoms with E-state index in [-0.39, 0.29) is 35.3 Å². The van der Waals surface area contributed by atoms with Gasteiger partial charge in [0.1, 0.15) is 5.75 Å². The number of nitrogens with zero attached hydrogens (tertiary/aromatic N) is 2. The van der Waals surface area contributed by atoms with Crippen molar-refractivity contribution in [3.8, 4) is 5.75 Å². The van der Waals surface area contributed by atoms with Gasteiger partial charge in [0.05, 0.1) is 43.1 Å². The lowest BCUT2D eigenvalue weighted by Crippen LogP contribution is -2.38. The molecule has 0 unspecified atom stereocenters. The van der Waals surface area contributed by atoms with Crippen LogP contribution in [0.3, 0.4) is 0 Å². The molecule has 0 saturated carbocycles. The molecule has 9 heteroatoms. The normalized spacial score (nSPS) is 23.5. The number of hydrogen-bond acceptors (Lipinski definition) is 8. The highest BCUT2D eigenvalue weighted by molar-refractivity contribution is 8.14. The molecule has 0 radical (unpaired) electrons. The maximum atomic E-state index is 12.0. The van der Waals surface area contributed by atoms with Gasteiger partial charge in [0, 0.05) is 12.1 Å². The molecule has 1 aromatic rings. The lowest BCUT2D eigenvalue weighted by Gasteiger charge is -2.27. The standard InChI is InChI=1S/C17H22N2O5S2/c1-3-24-16(20)9-25-17-18-13-10-26(21,22)11-14(13)19(17)8-12-6-4-5-7-15(12)23-2/h4-7,13-14H,3,8-11H2,1-2H3/t13-,14+/m0/s1. The van der Waals surface area contributed by atoms with Gasteiger partial charge in [0.15, 0.2) is 15.0 Å². The van der Waals surface area contributed by atoms with E-state index >= 15 is 0 Å². The number of rotatable bonds is 6. The van der Waals surface area contributed by atoms with Crippen LogP contribution in [0.25, 0.3) is 0 Å². The van der Waals surface area contributed by atoms with E-state index in [0.29, 0.717) is 18.3 Å². The predicted molar refractivity (Wildman–Crippen MR) is 101 cm³/mol. The Balaban J connectivity index is 1.80. The number of aliphatic imine (C=N–C) groups is 1. The van der Waals surface area contributed by atoms with Crippen LogP contribution in [0.4, 0.5) is 0 Å². The molecular formula is C17H22N2O5S2. The molecule has 1 saturated heterocycles. The summed E-state index contributed by atoms with van der Waals surface area (Å²) in [5, 5.41) is 0.689. The van der Waals surface area contributed by atoms with Crippen LogP contribution in [0.2, 0.25) is 0 Å². The van der Waals surface area contributed by atoms with Crippen molar-refractivity contribution in [2.24, 2.45) is 4.99 Å². The highest BCUT2D eigenvalue weighted by Crippen LogP contribution is 2.33. The van der Waals surface area contributed by atoms with Gasteiger partial charge in [0.25, 0.3) is 0 Å². The van der Waals surface area contributed by atoms with Gasteiger partial charge in [-0.25, -0.2) is 8.42 Å². The number of carbonyl (C=O) groups excluding carboxylic acids is 1. The highest BCUT2D eigenvalue weighted by Gasteiger charge is 2.46. The quantitative estimate of drug-likeness (QED) is 0.668. The second-order valence-corrected chi connectivity index (χ2v) is 9.25. The third kappa shape index (κ3) is 4.15. The van der Waals surface area contributed by atoms with Crippen molar-refractivity contribution in [1.29, 1.82) is 0 Å². The van der Waals surface area contributed by atoms with Gasteiger partial charge in [-0.3, -0.25) is 9.79 Å². The molecule has 2 aliphatic heterocycles. The minimum absolute atomic E-state index is 0.0591. The number of fused-ring (bicyclic) bond motifs is 1. The summed E-state index contributed by atoms with van der Waals surface area (Å²) in [6.45, 7) is 2.58. The lowest BCUT2D eigenvalue weighted by molar-refractivity contribution is -0.139. The molecule has 142 valence electrons. The third-order valence-corrected chi connectivity index (χ3v) is 7.05. The molecule has 2 aliphatic rings. The summed E-state index contributed by atoms with van der Waals surface area (Å²) < 4.78 is 34.4. The van der Waals surface area contributed by atoms with Gasteiger partial charge in [-0.15, -0.1) is 0 Å². The average Bonchev–Trinajstić information content (AvgIpc) is 3.06. The predicted octanol–water partition coefficient (Wildman–Crippen LogP) is 1.33. The molecule has 0 aliphatic carbocycles. The number of thioether (sulfide) groups is 1. The van der Waals surface area contributed by atoms with Crippen LogP contribution in [0.1, 0.15) is 12.5 Å². The van der Waals surface area contributed by atoms with E-state index in [1.807, 2.05) is 29.2 Å². The molecule has 0 bridgehead atoms. The van der Waals surface area contributed by atoms with E-state index in [0.717, 1.165) is 11.3 Å². The first-order chi connectivity index (χ1) is 12.4. The Bertz CT molecular complexity index is 809. The maximum absolute atomic E-state index is 12.0. The number of carbonyl (C=O) groups is 1. The van der Waals surface area contributed by atoms with Crippen molar-refractivity contribution in [1.82, 2.24) is 4.90 Å². The topological polar surface area (TPSA) is 85.3 Å². The van der Waals surface area contributed by atoms with E-state index in [1.54, 1.807) is 14.0 Å². The van der Waals surface area contributed by atoms with Crippen molar-refractivity contribution in [3.05, 3.63) is 29.8 Å². The van der Waals surface area contributed by atoms with Gasteiger partial charge < -0.3 is 14.4 Å². The Kier molecular flexibility index (Phi) is 5.76. The van der Waals surface area contributed by atoms with Crippen LogP contribution in [-0.2, 0) is 25.9 Å². The number of sulfone groups is 1. The fourth-order valence-electron chi connectivity index (χ4n) is 3.24. The number of methoxy groups -OCH3 is 1. The maximum Gasteiger partial charge on any atom is 0.316 e. The average molecular weight is 399 g/mol. The lowest BCUT2D eigenvalue weighted by atomic mass is 10.1. The number of hydrogen-bond donors (Lipinski definition) is 0. The van der Waals surface area contributed by atoms with Crippen molar-refractivity contribution in [2.75, 3.05) is 31.0 Å². The summed E-state index contributed by atoms with van der Waals surface area (Å²) in [6, 6.07) is 7.15. The number of amidine groups is 1. The van der Waals surface area contributed by atoms with Gasteiger partial charge in [-0.2, -0.15) is 0 Å². The number of benzene rings is 1. The Morgan fingerprint density at radius 3 is 2.85 bits per heavy atom. The zero-order valence-electron chi connectivity index (χ0n) is 14.8. The van der Waals surface area contributed by atoms with Crippen LogP contribution in [0.5, 0.6) is 5.75 Å². The summed E-state index contributed by atoms with van der Waals surface area (Å²) in [6.07, 6.45) is 0. The Morgan fingerprint density at radius 2 is 2.12 bits per heavy atom. The van der Waals surface area contributed by atoms with E-state index in [4.69, 9.17) is 9.47 Å². The van der Waals surface area contributed by atoms with Crippen molar-refractivity contribution in [3.63, 3.8) is 0 Å². The summed E-state index contributed by atoms with van der Waals surface area (Å²) in [7, 11) is -1.48. The zero-order chi connectivity index (χ0) is 18.7. The molecule has 2 heterocycles. The first-order valence-electron chi connectivity index (χ1n) is 8.38. The van der Waals surface area contributed by atoms with Crippen LogP contribution in [-0.4, -0.2) is 67.5 Å². The van der Waals surface area contributed by atoms with E-state index in [1.165, 1.54) is 11.8 Å². The van der Waals surface area contributed by atoms with Crippen molar-refractivity contribution in [2.45, 2.75) is 25.6 Å². The summed E-state index contributed by atoms with van der Waals surface area (Å²) in [4.78, 5) is 18.3. The molecule has 3 rings (SSSR count). The van der Waals surface area contributed by atoms with E-state index in [2.05, 4.69) is 4.99 Å². The van der Waals surface area contributed by atoms with Gasteiger partial charge in [0.2, 0.25) is 0 Å². The fourth-order valence-corrected chi connectivity index (χ4v) is 6.02. The van der Waals surface area contributed by atoms with Gasteiger partial charge in [-0.05, 0) is 13.0 Å². The molecule has 2 atom stereocenters. The SMILES string of the molecule is CCOC(=O)CSC1=N[C@H]2CS(=O)(=O)C[C@H]2N1Cc1ccccc1OC. The fraction of sp³-hybridized carbons (Fsp3) is 0.529. The molecule has 0 N–H and O–H groups in total. The third-order valence-electron chi connectivity index (χ3n) is 4.37. The number of esters is 1. The molecule has 1 aromatic carbocycles. The van der Waals surface area contributed by atoms with Gasteiger partial charge >= 0.3 is 5.97 Å². The number of ether oxygens (including phenoxy) is 2. The Hall–Kier alpha value is -1.74. The summed E-state index contributed by atoms with van der Waals surface area (Å²) in [5.41, 5.74) is 0.949. The molecule has 1 fully saturated rings. The van der Waals surface area contributed by atoms with Gasteiger partial charge in [-0.1, -0.05) is 30.0 Å². The van der Waals surface area contributed by atoms with Crippen LogP contribution >= 0.6 is 11.8 Å². The molecule has 0 amide bonds.